The summed E-state index contributed by atoms with van der Waals surface area (Å²) in [4.78, 5) is 3.10. The molecule has 1 saturated carbocycles. The van der Waals surface area contributed by atoms with Crippen molar-refractivity contribution in [2.24, 2.45) is 5.41 Å². The van der Waals surface area contributed by atoms with Gasteiger partial charge < -0.3 is 4.57 Å². The highest BCUT2D eigenvalue weighted by Crippen LogP contribution is 2.41. The fourth-order valence-electron chi connectivity index (χ4n) is 4.21. The lowest BCUT2D eigenvalue weighted by Gasteiger charge is -2.20. The first-order valence-corrected chi connectivity index (χ1v) is 12.9. The Hall–Kier alpha value is -2.67. The van der Waals surface area contributed by atoms with Crippen molar-refractivity contribution in [2.45, 2.75) is 64.1 Å². The number of fused-ring (bicyclic) bond motifs is 1. The van der Waals surface area contributed by atoms with Crippen LogP contribution in [-0.2, 0) is 22.7 Å². The Bertz CT molecular complexity index is 1440. The molecule has 1 aliphatic rings. The van der Waals surface area contributed by atoms with Gasteiger partial charge in [0.1, 0.15) is 17.7 Å². The second kappa shape index (κ2) is 9.26. The van der Waals surface area contributed by atoms with Gasteiger partial charge in [-0.2, -0.15) is 13.2 Å². The molecule has 0 spiro atoms. The molecule has 2 aromatic heterocycles. The second-order valence-corrected chi connectivity index (χ2v) is 12.3. The summed E-state index contributed by atoms with van der Waals surface area (Å²) in [6.45, 7) is 5.64. The molecule has 13 heteroatoms. The number of nitrogens with one attached hydrogen (secondary N) is 1. The molecule has 1 aromatic carbocycles. The number of sulfonamides is 1. The van der Waals surface area contributed by atoms with Gasteiger partial charge in [0.25, 0.3) is 6.43 Å². The van der Waals surface area contributed by atoms with Crippen LogP contribution in [0.1, 0.15) is 50.9 Å². The van der Waals surface area contributed by atoms with E-state index in [0.717, 1.165) is 12.1 Å². The molecule has 2 heterocycles. The summed E-state index contributed by atoms with van der Waals surface area (Å²) in [5.74, 6) is -2.36. The Morgan fingerprint density at radius 2 is 1.73 bits per heavy atom. The quantitative estimate of drug-likeness (QED) is 0.344. The van der Waals surface area contributed by atoms with Crippen LogP contribution in [0.25, 0.3) is 22.0 Å². The average Bonchev–Trinajstić information content (AvgIpc) is 3.55. The average molecular weight is 552 g/mol. The zero-order valence-corrected chi connectivity index (χ0v) is 20.8. The zero-order valence-electron chi connectivity index (χ0n) is 20.0. The first kappa shape index (κ1) is 27.4. The highest BCUT2D eigenvalue weighted by atomic mass is 32.2. The Balaban J connectivity index is 1.96. The van der Waals surface area contributed by atoms with E-state index in [-0.39, 0.29) is 23.0 Å². The van der Waals surface area contributed by atoms with E-state index in [1.807, 2.05) is 25.5 Å². The van der Waals surface area contributed by atoms with Crippen LogP contribution in [0.3, 0.4) is 0 Å². The molecular weight excluding hydrogens is 527 g/mol. The van der Waals surface area contributed by atoms with Crippen molar-refractivity contribution >= 4 is 20.9 Å². The van der Waals surface area contributed by atoms with Gasteiger partial charge in [-0.3, -0.25) is 0 Å². The summed E-state index contributed by atoms with van der Waals surface area (Å²) in [7, 11) is -4.07. The van der Waals surface area contributed by atoms with E-state index in [0.29, 0.717) is 25.1 Å². The minimum Gasteiger partial charge on any atom is -0.347 e. The molecule has 0 aliphatic heterocycles. The molecule has 0 radical (unpaired) electrons. The third-order valence-corrected chi connectivity index (χ3v) is 7.83. The minimum absolute atomic E-state index is 0.0787. The van der Waals surface area contributed by atoms with Crippen LogP contribution in [0.2, 0.25) is 0 Å². The third-order valence-electron chi connectivity index (χ3n) is 5.90. The molecule has 37 heavy (non-hydrogen) atoms. The van der Waals surface area contributed by atoms with Gasteiger partial charge in [0.15, 0.2) is 5.69 Å². The molecule has 0 saturated heterocycles. The highest BCUT2D eigenvalue weighted by Gasteiger charge is 2.40. The number of pyridine rings is 1. The van der Waals surface area contributed by atoms with Crippen molar-refractivity contribution in [3.63, 3.8) is 0 Å². The largest absolute Gasteiger partial charge is 0.433 e. The number of rotatable bonds is 7. The number of nitrogens with zero attached hydrogens (tertiary/aromatic N) is 2. The molecule has 1 atom stereocenters. The Morgan fingerprint density at radius 3 is 2.27 bits per heavy atom. The molecule has 4 rings (SSSR count). The van der Waals surface area contributed by atoms with Crippen LogP contribution in [0.5, 0.6) is 0 Å². The van der Waals surface area contributed by atoms with Gasteiger partial charge in [-0.25, -0.2) is 35.7 Å². The van der Waals surface area contributed by atoms with Gasteiger partial charge in [0, 0.05) is 40.3 Å². The predicted octanol–water partition coefficient (Wildman–Crippen LogP) is 6.43. The summed E-state index contributed by atoms with van der Waals surface area (Å²) in [6.07, 6.45) is -5.95. The zero-order chi connectivity index (χ0) is 27.5. The van der Waals surface area contributed by atoms with Crippen molar-refractivity contribution < 1.29 is 39.2 Å². The summed E-state index contributed by atoms with van der Waals surface area (Å²) in [5.41, 5.74) is -3.59. The fraction of sp³-hybridized carbons (Fsp3) is 0.458. The van der Waals surface area contributed by atoms with Gasteiger partial charge in [-0.05, 0) is 36.5 Å². The third kappa shape index (κ3) is 5.77. The molecule has 202 valence electrons. The molecule has 0 amide bonds. The first-order valence-electron chi connectivity index (χ1n) is 11.3. The molecule has 1 unspecified atom stereocenters. The second-order valence-electron chi connectivity index (χ2n) is 10.3. The molecule has 3 aromatic rings. The Kier molecular flexibility index (Phi) is 6.85. The SMILES string of the molecule is CC(C)(C)Cn1cc(C(NS(=O)(=O)C2CC2)C(F)F)c2cc(F)c(-c3cc(F)cnc3C(F)(F)F)cc21. The van der Waals surface area contributed by atoms with E-state index in [2.05, 4.69) is 4.98 Å². The van der Waals surface area contributed by atoms with E-state index in [4.69, 9.17) is 0 Å². The number of alkyl halides is 5. The van der Waals surface area contributed by atoms with E-state index in [9.17, 15) is 34.8 Å². The first-order chi connectivity index (χ1) is 17.0. The van der Waals surface area contributed by atoms with E-state index >= 15 is 4.39 Å². The lowest BCUT2D eigenvalue weighted by molar-refractivity contribution is -0.140. The lowest BCUT2D eigenvalue weighted by atomic mass is 9.96. The molecular formula is C24H24F7N3O2S. The maximum atomic E-state index is 15.3. The lowest BCUT2D eigenvalue weighted by Crippen LogP contribution is -2.35. The summed E-state index contributed by atoms with van der Waals surface area (Å²) in [6, 6.07) is 0.277. The van der Waals surface area contributed by atoms with Crippen LogP contribution >= 0.6 is 0 Å². The number of benzene rings is 1. The molecule has 1 aliphatic carbocycles. The normalized spacial score (nSPS) is 16.1. The maximum Gasteiger partial charge on any atom is 0.433 e. The number of hydrogen-bond donors (Lipinski definition) is 1. The van der Waals surface area contributed by atoms with Crippen LogP contribution in [0.15, 0.2) is 30.6 Å². The summed E-state index contributed by atoms with van der Waals surface area (Å²) < 4.78 is 127. The van der Waals surface area contributed by atoms with Crippen LogP contribution in [-0.4, -0.2) is 29.6 Å². The smallest absolute Gasteiger partial charge is 0.347 e. The van der Waals surface area contributed by atoms with E-state index < -0.39 is 67.8 Å². The van der Waals surface area contributed by atoms with Gasteiger partial charge >= 0.3 is 6.18 Å². The number of hydrogen-bond acceptors (Lipinski definition) is 3. The Labute approximate surface area is 208 Å². The van der Waals surface area contributed by atoms with Gasteiger partial charge in [0.05, 0.1) is 11.4 Å². The van der Waals surface area contributed by atoms with Gasteiger partial charge in [-0.15, -0.1) is 0 Å². The molecule has 0 bridgehead atoms. The Morgan fingerprint density at radius 1 is 1.08 bits per heavy atom. The van der Waals surface area contributed by atoms with Gasteiger partial charge in [0.2, 0.25) is 10.0 Å². The van der Waals surface area contributed by atoms with Gasteiger partial charge in [-0.1, -0.05) is 20.8 Å². The van der Waals surface area contributed by atoms with E-state index in [1.54, 1.807) is 0 Å². The molecule has 1 N–H and O–H groups in total. The monoisotopic (exact) mass is 551 g/mol. The summed E-state index contributed by atoms with van der Waals surface area (Å²) in [5, 5.41) is -0.895. The van der Waals surface area contributed by atoms with Crippen molar-refractivity contribution in [3.05, 3.63) is 53.5 Å². The predicted molar refractivity (Wildman–Crippen MR) is 123 cm³/mol. The molecule has 5 nitrogen and oxygen atoms in total. The van der Waals surface area contributed by atoms with Crippen LogP contribution < -0.4 is 4.72 Å². The maximum absolute atomic E-state index is 15.3. The number of halogens is 7. The van der Waals surface area contributed by atoms with Crippen molar-refractivity contribution in [1.29, 1.82) is 0 Å². The standard InChI is InChI=1S/C24H24F7N3O2S/c1-23(2,3)11-34-10-17(20(22(27)28)33-37(35,36)13-4-5-13)15-7-18(26)14(8-19(15)34)16-6-12(25)9-32-21(16)24(29,30)31/h6-10,13,20,22,33H,4-5,11H2,1-3H3. The fourth-order valence-corrected chi connectivity index (χ4v) is 5.74. The van der Waals surface area contributed by atoms with Crippen LogP contribution in [0.4, 0.5) is 30.7 Å². The van der Waals surface area contributed by atoms with Crippen molar-refractivity contribution in [3.8, 4) is 11.1 Å². The van der Waals surface area contributed by atoms with E-state index in [1.165, 1.54) is 10.8 Å². The van der Waals surface area contributed by atoms with Crippen LogP contribution in [0, 0.1) is 17.0 Å². The number of aromatic nitrogens is 2. The topological polar surface area (TPSA) is 64.0 Å². The van der Waals surface area contributed by atoms with Crippen molar-refractivity contribution in [1.82, 2.24) is 14.3 Å². The minimum atomic E-state index is -5.02. The van der Waals surface area contributed by atoms with Crippen molar-refractivity contribution in [2.75, 3.05) is 0 Å². The molecule has 1 fully saturated rings. The summed E-state index contributed by atoms with van der Waals surface area (Å²) >= 11 is 0. The highest BCUT2D eigenvalue weighted by molar-refractivity contribution is 7.90.